The van der Waals surface area contributed by atoms with Gasteiger partial charge in [-0.2, -0.15) is 0 Å². The topological polar surface area (TPSA) is 94.7 Å². The van der Waals surface area contributed by atoms with Crippen LogP contribution in [0.1, 0.15) is 23.7 Å². The summed E-state index contributed by atoms with van der Waals surface area (Å²) < 4.78 is 11.2. The molecule has 0 spiro atoms. The number of carboxylic acid groups (broad SMARTS) is 1. The predicted molar refractivity (Wildman–Crippen MR) is 77.9 cm³/mol. The largest absolute Gasteiger partial charge is 0.490 e. The van der Waals surface area contributed by atoms with E-state index in [1.54, 1.807) is 18.2 Å². The summed E-state index contributed by atoms with van der Waals surface area (Å²) in [6, 6.07) is 8.46. The van der Waals surface area contributed by atoms with Gasteiger partial charge in [-0.3, -0.25) is 0 Å². The minimum absolute atomic E-state index is 0.00960. The number of hydrogen-bond donors (Lipinski definition) is 2. The first-order valence-corrected chi connectivity index (χ1v) is 6.50. The number of rotatable bonds is 6. The fourth-order valence-corrected chi connectivity index (χ4v) is 1.64. The summed E-state index contributed by atoms with van der Waals surface area (Å²) in [5.74, 6) is 0.121. The Bertz CT molecular complexity index is 643. The highest BCUT2D eigenvalue weighted by Gasteiger charge is 2.12. The third-order valence-electron chi connectivity index (χ3n) is 2.64. The Morgan fingerprint density at radius 1 is 1.33 bits per heavy atom. The second-order valence-electron chi connectivity index (χ2n) is 4.32. The number of carbonyl (C=O) groups is 1. The van der Waals surface area contributed by atoms with E-state index >= 15 is 0 Å². The molecule has 0 saturated carbocycles. The van der Waals surface area contributed by atoms with Gasteiger partial charge in [-0.15, -0.1) is 0 Å². The Morgan fingerprint density at radius 3 is 2.67 bits per heavy atom. The molecule has 21 heavy (non-hydrogen) atoms. The molecule has 0 radical (unpaired) electrons. The van der Waals surface area contributed by atoms with Crippen LogP contribution in [0.5, 0.6) is 17.4 Å². The van der Waals surface area contributed by atoms with Crippen molar-refractivity contribution in [2.24, 2.45) is 0 Å². The average molecular weight is 288 g/mol. The lowest BCUT2D eigenvalue weighted by Gasteiger charge is -2.12. The van der Waals surface area contributed by atoms with Crippen molar-refractivity contribution in [3.8, 4) is 17.4 Å². The molecule has 0 amide bonds. The lowest BCUT2D eigenvalue weighted by atomic mass is 10.2. The molecular weight excluding hydrogens is 272 g/mol. The number of para-hydroxylation sites is 2. The van der Waals surface area contributed by atoms with Gasteiger partial charge < -0.3 is 20.3 Å². The lowest BCUT2D eigenvalue weighted by molar-refractivity contribution is 0.0696. The summed E-state index contributed by atoms with van der Waals surface area (Å²) in [7, 11) is 0. The molecule has 2 aromatic rings. The van der Waals surface area contributed by atoms with Crippen LogP contribution in [0.3, 0.4) is 0 Å². The summed E-state index contributed by atoms with van der Waals surface area (Å²) in [4.78, 5) is 14.8. The number of nitrogens with zero attached hydrogens (tertiary/aromatic N) is 1. The van der Waals surface area contributed by atoms with Crippen LogP contribution in [0, 0.1) is 0 Å². The number of nitrogen functional groups attached to an aromatic ring is 1. The molecule has 0 unspecified atom stereocenters. The third-order valence-corrected chi connectivity index (χ3v) is 2.64. The zero-order valence-electron chi connectivity index (χ0n) is 11.6. The van der Waals surface area contributed by atoms with Crippen molar-refractivity contribution in [2.45, 2.75) is 13.3 Å². The lowest BCUT2D eigenvalue weighted by Crippen LogP contribution is -2.03. The Balaban J connectivity index is 2.24. The third kappa shape index (κ3) is 3.62. The van der Waals surface area contributed by atoms with E-state index in [4.69, 9.17) is 20.3 Å². The minimum atomic E-state index is -1.09. The molecule has 0 fully saturated rings. The van der Waals surface area contributed by atoms with E-state index in [-0.39, 0.29) is 17.1 Å². The van der Waals surface area contributed by atoms with E-state index in [1.165, 1.54) is 12.3 Å². The summed E-state index contributed by atoms with van der Waals surface area (Å²) >= 11 is 0. The molecule has 6 heteroatoms. The maximum Gasteiger partial charge on any atom is 0.337 e. The van der Waals surface area contributed by atoms with Crippen molar-refractivity contribution < 1.29 is 19.4 Å². The van der Waals surface area contributed by atoms with Gasteiger partial charge in [0.15, 0.2) is 11.5 Å². The molecule has 1 heterocycles. The van der Waals surface area contributed by atoms with Gasteiger partial charge in [0, 0.05) is 6.20 Å². The number of anilines is 1. The van der Waals surface area contributed by atoms with E-state index in [0.717, 1.165) is 6.42 Å². The minimum Gasteiger partial charge on any atom is -0.490 e. The molecule has 0 bridgehead atoms. The van der Waals surface area contributed by atoms with Gasteiger partial charge in [-0.25, -0.2) is 9.78 Å². The fraction of sp³-hybridized carbons (Fsp3) is 0.200. The zero-order chi connectivity index (χ0) is 15.2. The van der Waals surface area contributed by atoms with Gasteiger partial charge in [-0.1, -0.05) is 19.1 Å². The highest BCUT2D eigenvalue weighted by Crippen LogP contribution is 2.33. The van der Waals surface area contributed by atoms with Crippen LogP contribution >= 0.6 is 0 Å². The Hall–Kier alpha value is -2.76. The molecule has 110 valence electrons. The van der Waals surface area contributed by atoms with Crippen LogP contribution in [0.2, 0.25) is 0 Å². The number of aromatic nitrogens is 1. The van der Waals surface area contributed by atoms with Gasteiger partial charge in [0.05, 0.1) is 17.9 Å². The van der Waals surface area contributed by atoms with Crippen LogP contribution < -0.4 is 15.2 Å². The average Bonchev–Trinajstić information content (AvgIpc) is 2.48. The molecule has 0 aliphatic heterocycles. The highest BCUT2D eigenvalue weighted by atomic mass is 16.5. The first-order valence-electron chi connectivity index (χ1n) is 6.50. The number of aromatic carboxylic acids is 1. The number of ether oxygens (including phenoxy) is 2. The molecule has 1 aromatic heterocycles. The molecular formula is C15H16N2O4. The van der Waals surface area contributed by atoms with Crippen LogP contribution in [-0.2, 0) is 0 Å². The van der Waals surface area contributed by atoms with E-state index in [9.17, 15) is 4.79 Å². The second kappa shape index (κ2) is 6.60. The number of hydrogen-bond acceptors (Lipinski definition) is 5. The summed E-state index contributed by atoms with van der Waals surface area (Å²) in [5.41, 5.74) is 5.93. The number of benzene rings is 1. The summed E-state index contributed by atoms with van der Waals surface area (Å²) in [5, 5.41) is 8.87. The Labute approximate surface area is 122 Å². The van der Waals surface area contributed by atoms with Crippen LogP contribution in [0.15, 0.2) is 36.5 Å². The maximum atomic E-state index is 10.8. The molecule has 0 aliphatic rings. The van der Waals surface area contributed by atoms with Gasteiger partial charge in [0.25, 0.3) is 0 Å². The predicted octanol–water partition coefficient (Wildman–Crippen LogP) is 2.94. The number of pyridine rings is 1. The zero-order valence-corrected chi connectivity index (χ0v) is 11.6. The van der Waals surface area contributed by atoms with E-state index < -0.39 is 5.97 Å². The first kappa shape index (κ1) is 14.6. The van der Waals surface area contributed by atoms with Crippen LogP contribution in [0.25, 0.3) is 0 Å². The normalized spacial score (nSPS) is 10.1. The van der Waals surface area contributed by atoms with Crippen molar-refractivity contribution in [1.82, 2.24) is 4.98 Å². The maximum absolute atomic E-state index is 10.8. The van der Waals surface area contributed by atoms with Gasteiger partial charge in [-0.05, 0) is 24.6 Å². The molecule has 0 saturated heterocycles. The Kier molecular flexibility index (Phi) is 4.61. The molecule has 6 nitrogen and oxygen atoms in total. The van der Waals surface area contributed by atoms with Crippen molar-refractivity contribution in [1.29, 1.82) is 0 Å². The fourth-order valence-electron chi connectivity index (χ4n) is 1.64. The highest BCUT2D eigenvalue weighted by molar-refractivity contribution is 5.88. The first-order chi connectivity index (χ1) is 10.1. The smallest absolute Gasteiger partial charge is 0.337 e. The SMILES string of the molecule is CCCOc1ccccc1Oc1ncc(C(=O)O)cc1N. The molecule has 2 rings (SSSR count). The van der Waals surface area contributed by atoms with Gasteiger partial charge in [0.2, 0.25) is 5.88 Å². The van der Waals surface area contributed by atoms with Gasteiger partial charge >= 0.3 is 5.97 Å². The molecule has 0 atom stereocenters. The number of carboxylic acids is 1. The van der Waals surface area contributed by atoms with E-state index in [2.05, 4.69) is 4.98 Å². The van der Waals surface area contributed by atoms with E-state index in [0.29, 0.717) is 18.1 Å². The van der Waals surface area contributed by atoms with Gasteiger partial charge in [0.1, 0.15) is 0 Å². The second-order valence-corrected chi connectivity index (χ2v) is 4.32. The number of nitrogens with two attached hydrogens (primary N) is 1. The molecule has 0 aliphatic carbocycles. The van der Waals surface area contributed by atoms with Crippen molar-refractivity contribution in [2.75, 3.05) is 12.3 Å². The summed E-state index contributed by atoms with van der Waals surface area (Å²) in [6.45, 7) is 2.58. The van der Waals surface area contributed by atoms with Crippen molar-refractivity contribution in [3.63, 3.8) is 0 Å². The van der Waals surface area contributed by atoms with E-state index in [1.807, 2.05) is 13.0 Å². The standard InChI is InChI=1S/C15H16N2O4/c1-2-7-20-12-5-3-4-6-13(12)21-14-11(16)8-10(9-17-14)15(18)19/h3-6,8-9H,2,7,16H2,1H3,(H,18,19). The Morgan fingerprint density at radius 2 is 2.05 bits per heavy atom. The molecule has 1 aromatic carbocycles. The summed E-state index contributed by atoms with van der Waals surface area (Å²) in [6.07, 6.45) is 2.07. The quantitative estimate of drug-likeness (QED) is 0.848. The van der Waals surface area contributed by atoms with Crippen molar-refractivity contribution in [3.05, 3.63) is 42.1 Å². The monoisotopic (exact) mass is 288 g/mol. The van der Waals surface area contributed by atoms with Crippen LogP contribution in [-0.4, -0.2) is 22.7 Å². The van der Waals surface area contributed by atoms with Crippen LogP contribution in [0.4, 0.5) is 5.69 Å². The molecule has 3 N–H and O–H groups in total. The van der Waals surface area contributed by atoms with Crippen molar-refractivity contribution >= 4 is 11.7 Å².